The molecule has 2 aromatic heterocycles. The molecule has 2 aromatic carbocycles. The van der Waals surface area contributed by atoms with E-state index in [0.717, 1.165) is 49.7 Å². The van der Waals surface area contributed by atoms with Crippen molar-refractivity contribution in [2.45, 2.75) is 125 Å². The number of benzene rings is 2. The number of aliphatic hydroxyl groups is 1. The van der Waals surface area contributed by atoms with Gasteiger partial charge in [-0.25, -0.2) is 0 Å². The van der Waals surface area contributed by atoms with Crippen molar-refractivity contribution < 1.29 is 43.7 Å². The normalized spacial score (nSPS) is 19.0. The summed E-state index contributed by atoms with van der Waals surface area (Å²) in [5, 5.41) is 10.9. The number of hydrogen-bond acceptors (Lipinski definition) is 4. The Hall–Kier alpha value is -2.33. The Labute approximate surface area is 316 Å². The maximum atomic E-state index is 11.9. The fourth-order valence-electron chi connectivity index (χ4n) is 6.34. The summed E-state index contributed by atoms with van der Waals surface area (Å²) in [7, 11) is 0. The van der Waals surface area contributed by atoms with Gasteiger partial charge < -0.3 is 10.1 Å². The maximum Gasteiger partial charge on any atom is 0.162 e. The summed E-state index contributed by atoms with van der Waals surface area (Å²) in [5.74, 6) is -0.858. The molecule has 0 atom stereocenters. The van der Waals surface area contributed by atoms with E-state index in [9.17, 15) is 11.3 Å². The first kappa shape index (κ1) is 26.5. The summed E-state index contributed by atoms with van der Waals surface area (Å²) in [6, 6.07) is 1.01. The van der Waals surface area contributed by atoms with E-state index in [1.165, 1.54) is 11.3 Å². The van der Waals surface area contributed by atoms with Gasteiger partial charge in [0.05, 0.1) is 11.2 Å². The zero-order chi connectivity index (χ0) is 42.6. The molecule has 1 aliphatic carbocycles. The summed E-state index contributed by atoms with van der Waals surface area (Å²) in [6.45, 7) is 19.7. The molecule has 1 aliphatic rings. The minimum absolute atomic E-state index is 0. The van der Waals surface area contributed by atoms with Crippen molar-refractivity contribution in [3.63, 3.8) is 0 Å². The molecular weight excluding hydrogens is 775 g/mol. The predicted octanol–water partition coefficient (Wildman–Crippen LogP) is 12.3. The summed E-state index contributed by atoms with van der Waals surface area (Å²) >= 11 is 1.19. The summed E-state index contributed by atoms with van der Waals surface area (Å²) < 4.78 is 86.9. The second kappa shape index (κ2) is 16.4. The van der Waals surface area contributed by atoms with E-state index in [4.69, 9.17) is 12.3 Å². The van der Waals surface area contributed by atoms with Gasteiger partial charge in [0, 0.05) is 70.1 Å². The van der Waals surface area contributed by atoms with Crippen molar-refractivity contribution in [2.24, 2.45) is 17.8 Å². The van der Waals surface area contributed by atoms with Gasteiger partial charge in [-0.3, -0.25) is 4.79 Å². The number of allylic oxidation sites excluding steroid dienone is 2. The minimum Gasteiger partial charge on any atom is -0.512 e. The van der Waals surface area contributed by atoms with Crippen molar-refractivity contribution in [1.82, 2.24) is 4.98 Å². The molecule has 0 saturated heterocycles. The van der Waals surface area contributed by atoms with Gasteiger partial charge in [-0.05, 0) is 92.5 Å². The van der Waals surface area contributed by atoms with Gasteiger partial charge in [-0.15, -0.1) is 47.1 Å². The number of carbonyl (C=O) groups is 1. The van der Waals surface area contributed by atoms with E-state index in [2.05, 4.69) is 38.7 Å². The molecule has 257 valence electrons. The van der Waals surface area contributed by atoms with E-state index in [-0.39, 0.29) is 96.7 Å². The average Bonchev–Trinajstić information content (AvgIpc) is 3.52. The summed E-state index contributed by atoms with van der Waals surface area (Å²) in [5.41, 5.74) is 1.24. The molecule has 3 nitrogen and oxygen atoms in total. The van der Waals surface area contributed by atoms with E-state index in [0.29, 0.717) is 20.2 Å². The molecule has 1 N–H and O–H groups in total. The summed E-state index contributed by atoms with van der Waals surface area (Å²) in [4.78, 5) is 16.2. The molecule has 0 saturated carbocycles. The Morgan fingerprint density at radius 2 is 1.68 bits per heavy atom. The SMILES string of the molecule is [2H]/C(C(=O)C(CC)CC)=C(/O)C(CC)CC.[2H]c1[c-]c(-c2nc([2H])c([2H])c3c2sc2c(C([2H])([2H])C(C)C)c([2H])c4c(c23)C(C)(C)CCC4(C)C)c([2H])c([2H])c1[2H].[Ir]. The fourth-order valence-corrected chi connectivity index (χ4v) is 7.57. The van der Waals surface area contributed by atoms with Crippen molar-refractivity contribution in [2.75, 3.05) is 0 Å². The number of aliphatic hydroxyl groups excluding tert-OH is 1. The quantitative estimate of drug-likeness (QED) is 0.0983. The monoisotopic (exact) mass is 841 g/mol. The van der Waals surface area contributed by atoms with E-state index in [1.54, 1.807) is 13.8 Å². The molecule has 0 unspecified atom stereocenters. The van der Waals surface area contributed by atoms with Gasteiger partial charge in [0.1, 0.15) is 0 Å². The van der Waals surface area contributed by atoms with Crippen LogP contribution in [-0.2, 0) is 42.1 Å². The summed E-state index contributed by atoms with van der Waals surface area (Å²) in [6.07, 6.45) is 2.42. The van der Waals surface area contributed by atoms with Crippen LogP contribution in [-0.4, -0.2) is 15.9 Å². The van der Waals surface area contributed by atoms with Crippen LogP contribution in [0.3, 0.4) is 0 Å². The molecule has 0 aliphatic heterocycles. The van der Waals surface area contributed by atoms with Crippen LogP contribution in [0.1, 0.15) is 138 Å². The minimum atomic E-state index is -1.87. The van der Waals surface area contributed by atoms with Crippen molar-refractivity contribution >= 4 is 37.3 Å². The standard InChI is InChI=1S/C29H32NS.C13H24O2.Ir/c1-18(2)16-20-17-22-24(29(5,6)14-13-28(22,3)4)23-21-12-15-30-25(27(21)31-26(20)23)19-10-8-7-9-11-19;1-5-10(6-2)12(14)9-13(15)11(7-3)8-4;/h7-10,12,15,17-18H,13-14,16H2,1-6H3;9-11,14H,5-8H2,1-4H3;/q-1;;/b;12-9-;/i7D,8D,9D,10D,12D,15D,16D2,17D;9D;. The molecule has 5 heteroatoms. The molecule has 5 rings (SSSR count). The zero-order valence-electron chi connectivity index (χ0n) is 39.5. The number of nitrogens with zero attached hydrogens (tertiary/aromatic N) is 1. The number of pyridine rings is 1. The second-order valence-electron chi connectivity index (χ2n) is 13.9. The maximum absolute atomic E-state index is 11.9. The largest absolute Gasteiger partial charge is 0.512 e. The Bertz CT molecular complexity index is 2200. The topological polar surface area (TPSA) is 50.2 Å². The van der Waals surface area contributed by atoms with Gasteiger partial charge >= 0.3 is 0 Å². The predicted molar refractivity (Wildman–Crippen MR) is 199 cm³/mol. The molecule has 0 amide bonds. The number of aromatic nitrogens is 1. The number of hydrogen-bond donors (Lipinski definition) is 1. The van der Waals surface area contributed by atoms with Gasteiger partial charge in [-0.2, -0.15) is 0 Å². The van der Waals surface area contributed by atoms with Crippen molar-refractivity contribution in [3.05, 3.63) is 77.0 Å². The van der Waals surface area contributed by atoms with E-state index >= 15 is 0 Å². The third kappa shape index (κ3) is 8.46. The van der Waals surface area contributed by atoms with Crippen molar-refractivity contribution in [1.29, 1.82) is 0 Å². The Morgan fingerprint density at radius 1 is 1.04 bits per heavy atom. The molecule has 0 spiro atoms. The molecule has 1 radical (unpaired) electrons. The van der Waals surface area contributed by atoms with Crippen LogP contribution in [0.15, 0.2) is 54.2 Å². The van der Waals surface area contributed by atoms with Gasteiger partial charge in [-0.1, -0.05) is 75.3 Å². The van der Waals surface area contributed by atoms with Crippen LogP contribution in [0.2, 0.25) is 0 Å². The molecule has 47 heavy (non-hydrogen) atoms. The van der Waals surface area contributed by atoms with Crippen LogP contribution in [0.4, 0.5) is 0 Å². The first-order chi connectivity index (χ1) is 25.9. The number of rotatable bonds is 10. The molecule has 4 aromatic rings. The molecule has 0 bridgehead atoms. The number of ketones is 1. The van der Waals surface area contributed by atoms with Crippen LogP contribution in [0, 0.1) is 23.8 Å². The van der Waals surface area contributed by atoms with Gasteiger partial charge in [0.15, 0.2) is 5.78 Å². The molecular formula is C42H56IrNO2S-. The van der Waals surface area contributed by atoms with Gasteiger partial charge in [0.25, 0.3) is 0 Å². The number of carbonyl (C=O) groups excluding carboxylic acids is 1. The third-order valence-electron chi connectivity index (χ3n) is 9.33. The first-order valence-corrected chi connectivity index (χ1v) is 17.5. The number of thiophene rings is 1. The van der Waals surface area contributed by atoms with Crippen LogP contribution in [0.5, 0.6) is 0 Å². The second-order valence-corrected chi connectivity index (χ2v) is 14.9. The smallest absolute Gasteiger partial charge is 0.162 e. The Kier molecular flexibility index (Phi) is 9.24. The first-order valence-electron chi connectivity index (χ1n) is 21.7. The van der Waals surface area contributed by atoms with Crippen LogP contribution < -0.4 is 0 Å². The van der Waals surface area contributed by atoms with E-state index < -0.39 is 35.2 Å². The van der Waals surface area contributed by atoms with Gasteiger partial charge in [0.2, 0.25) is 0 Å². The van der Waals surface area contributed by atoms with E-state index in [1.807, 2.05) is 27.7 Å². The average molecular weight is 841 g/mol. The van der Waals surface area contributed by atoms with Crippen molar-refractivity contribution in [3.8, 4) is 11.3 Å². The number of fused-ring (bicyclic) bond motifs is 5. The Morgan fingerprint density at radius 3 is 2.30 bits per heavy atom. The van der Waals surface area contributed by atoms with Crippen LogP contribution in [0.25, 0.3) is 31.4 Å². The van der Waals surface area contributed by atoms with Crippen LogP contribution >= 0.6 is 11.3 Å². The third-order valence-corrected chi connectivity index (χ3v) is 10.5. The molecule has 0 fully saturated rings. The Balaban J connectivity index is 0.000000436. The zero-order valence-corrected chi connectivity index (χ0v) is 32.7. The molecule has 2 heterocycles. The fraction of sp³-hybridized carbons (Fsp3) is 0.524.